The second kappa shape index (κ2) is 5.84. The minimum atomic E-state index is -3.07. The van der Waals surface area contributed by atoms with Crippen LogP contribution in [0.2, 0.25) is 0 Å². The van der Waals surface area contributed by atoms with Crippen LogP contribution in [0.25, 0.3) is 0 Å². The third-order valence-electron chi connectivity index (χ3n) is 4.32. The van der Waals surface area contributed by atoms with Crippen molar-refractivity contribution in [3.63, 3.8) is 0 Å². The summed E-state index contributed by atoms with van der Waals surface area (Å²) in [4.78, 5) is 2.99. The molecule has 110 valence electrons. The lowest BCUT2D eigenvalue weighted by Crippen LogP contribution is -2.35. The molecule has 0 bridgehead atoms. The van der Waals surface area contributed by atoms with Crippen molar-refractivity contribution in [2.45, 2.75) is 30.2 Å². The van der Waals surface area contributed by atoms with E-state index in [1.165, 1.54) is 25.9 Å². The molecule has 2 heterocycles. The molecule has 3 rings (SSSR count). The summed E-state index contributed by atoms with van der Waals surface area (Å²) in [7, 11) is -3.07. The van der Waals surface area contributed by atoms with Crippen molar-refractivity contribution >= 4 is 9.84 Å². The molecule has 0 aromatic heterocycles. The molecule has 1 fully saturated rings. The number of benzene rings is 1. The largest absolute Gasteiger partial charge is 0.309 e. The molecule has 0 amide bonds. The monoisotopic (exact) mass is 294 g/mol. The van der Waals surface area contributed by atoms with Crippen LogP contribution in [0.1, 0.15) is 30.9 Å². The van der Waals surface area contributed by atoms with E-state index in [4.69, 9.17) is 0 Å². The zero-order valence-electron chi connectivity index (χ0n) is 11.7. The van der Waals surface area contributed by atoms with Gasteiger partial charge in [-0.2, -0.15) is 0 Å². The van der Waals surface area contributed by atoms with Gasteiger partial charge in [-0.1, -0.05) is 18.2 Å². The normalized spacial score (nSPS) is 25.5. The fourth-order valence-electron chi connectivity index (χ4n) is 3.21. The summed E-state index contributed by atoms with van der Waals surface area (Å²) in [6.07, 6.45) is 3.30. The highest BCUT2D eigenvalue weighted by Gasteiger charge is 2.29. The van der Waals surface area contributed by atoms with E-state index in [1.54, 1.807) is 6.07 Å². The third kappa shape index (κ3) is 2.90. The number of rotatable bonds is 4. The Labute approximate surface area is 121 Å². The van der Waals surface area contributed by atoms with Gasteiger partial charge in [-0.25, -0.2) is 8.42 Å². The molecule has 0 radical (unpaired) electrons. The van der Waals surface area contributed by atoms with Crippen molar-refractivity contribution < 1.29 is 8.42 Å². The first-order chi connectivity index (χ1) is 9.67. The van der Waals surface area contributed by atoms with Crippen molar-refractivity contribution in [2.24, 2.45) is 0 Å². The van der Waals surface area contributed by atoms with Crippen LogP contribution in [-0.4, -0.2) is 45.2 Å². The van der Waals surface area contributed by atoms with Crippen molar-refractivity contribution in [1.82, 2.24) is 10.2 Å². The summed E-state index contributed by atoms with van der Waals surface area (Å²) >= 11 is 0. The number of likely N-dealkylation sites (tertiary alicyclic amines) is 1. The van der Waals surface area contributed by atoms with Gasteiger partial charge in [0, 0.05) is 19.1 Å². The summed E-state index contributed by atoms with van der Waals surface area (Å²) in [5, 5.41) is 3.54. The van der Waals surface area contributed by atoms with Gasteiger partial charge in [0.1, 0.15) is 0 Å². The van der Waals surface area contributed by atoms with E-state index in [0.717, 1.165) is 18.7 Å². The third-order valence-corrected chi connectivity index (χ3v) is 6.14. The second-order valence-electron chi connectivity index (χ2n) is 5.70. The summed E-state index contributed by atoms with van der Waals surface area (Å²) in [5.41, 5.74) is 0.945. The first-order valence-corrected chi connectivity index (χ1v) is 9.09. The van der Waals surface area contributed by atoms with Gasteiger partial charge in [0.15, 0.2) is 9.84 Å². The van der Waals surface area contributed by atoms with Crippen molar-refractivity contribution in [1.29, 1.82) is 0 Å². The molecule has 1 N–H and O–H groups in total. The van der Waals surface area contributed by atoms with Crippen molar-refractivity contribution in [3.8, 4) is 0 Å². The molecule has 1 saturated heterocycles. The highest BCUT2D eigenvalue weighted by atomic mass is 32.2. The zero-order valence-corrected chi connectivity index (χ0v) is 12.5. The lowest BCUT2D eigenvalue weighted by molar-refractivity contribution is 0.325. The predicted molar refractivity (Wildman–Crippen MR) is 79.5 cm³/mol. The van der Waals surface area contributed by atoms with Crippen LogP contribution in [0.4, 0.5) is 0 Å². The van der Waals surface area contributed by atoms with Crippen molar-refractivity contribution in [3.05, 3.63) is 29.8 Å². The number of hydrogen-bond acceptors (Lipinski definition) is 4. The number of nitrogens with one attached hydrogen (secondary N) is 1. The Balaban J connectivity index is 1.65. The second-order valence-corrected chi connectivity index (χ2v) is 7.78. The Morgan fingerprint density at radius 2 is 1.95 bits per heavy atom. The molecule has 2 aliphatic rings. The summed E-state index contributed by atoms with van der Waals surface area (Å²) in [6, 6.07) is 7.59. The average molecular weight is 294 g/mol. The molecule has 1 aromatic rings. The van der Waals surface area contributed by atoms with Crippen LogP contribution in [-0.2, 0) is 9.84 Å². The molecular formula is C15H22N2O2S. The van der Waals surface area contributed by atoms with Crippen molar-refractivity contribution in [2.75, 3.05) is 31.9 Å². The van der Waals surface area contributed by atoms with Gasteiger partial charge in [0.2, 0.25) is 0 Å². The maximum Gasteiger partial charge on any atom is 0.178 e. The van der Waals surface area contributed by atoms with Gasteiger partial charge < -0.3 is 10.2 Å². The smallest absolute Gasteiger partial charge is 0.178 e. The summed E-state index contributed by atoms with van der Waals surface area (Å²) < 4.78 is 24.1. The molecule has 0 aliphatic carbocycles. The van der Waals surface area contributed by atoms with Crippen LogP contribution >= 0.6 is 0 Å². The van der Waals surface area contributed by atoms with E-state index in [1.807, 2.05) is 18.2 Å². The molecule has 0 spiro atoms. The standard InChI is InChI=1S/C15H22N2O2S/c18-20(19)12-7-14(13-5-1-2-6-15(13)20)16-8-11-17-9-3-4-10-17/h1-2,5-6,14,16H,3-4,7-12H2. The highest BCUT2D eigenvalue weighted by molar-refractivity contribution is 7.91. The maximum atomic E-state index is 12.1. The van der Waals surface area contributed by atoms with Crippen LogP contribution in [0.5, 0.6) is 0 Å². The molecule has 2 aliphatic heterocycles. The van der Waals surface area contributed by atoms with E-state index >= 15 is 0 Å². The molecule has 0 saturated carbocycles. The van der Waals surface area contributed by atoms with Gasteiger partial charge >= 0.3 is 0 Å². The predicted octanol–water partition coefficient (Wildman–Crippen LogP) is 1.59. The highest BCUT2D eigenvalue weighted by Crippen LogP contribution is 2.31. The lowest BCUT2D eigenvalue weighted by Gasteiger charge is -2.27. The summed E-state index contributed by atoms with van der Waals surface area (Å²) in [5.74, 6) is 0.255. The van der Waals surface area contributed by atoms with E-state index in [2.05, 4.69) is 10.2 Å². The first-order valence-electron chi connectivity index (χ1n) is 7.44. The molecular weight excluding hydrogens is 272 g/mol. The van der Waals surface area contributed by atoms with Gasteiger partial charge in [-0.15, -0.1) is 0 Å². The van der Waals surface area contributed by atoms with E-state index in [9.17, 15) is 8.42 Å². The number of sulfone groups is 1. The van der Waals surface area contributed by atoms with Crippen LogP contribution in [0.3, 0.4) is 0 Å². The van der Waals surface area contributed by atoms with Crippen LogP contribution in [0, 0.1) is 0 Å². The molecule has 1 unspecified atom stereocenters. The maximum absolute atomic E-state index is 12.1. The SMILES string of the molecule is O=S1(=O)CCC(NCCN2CCCC2)c2ccccc21. The molecule has 20 heavy (non-hydrogen) atoms. The van der Waals surface area contributed by atoms with Crippen LogP contribution < -0.4 is 5.32 Å². The van der Waals surface area contributed by atoms with E-state index < -0.39 is 9.84 Å². The molecule has 5 heteroatoms. The number of hydrogen-bond donors (Lipinski definition) is 1. The molecule has 1 atom stereocenters. The molecule has 4 nitrogen and oxygen atoms in total. The fourth-order valence-corrected chi connectivity index (χ4v) is 4.83. The Morgan fingerprint density at radius 3 is 2.75 bits per heavy atom. The van der Waals surface area contributed by atoms with Gasteiger partial charge in [-0.05, 0) is 44.0 Å². The van der Waals surface area contributed by atoms with Gasteiger partial charge in [0.25, 0.3) is 0 Å². The topological polar surface area (TPSA) is 49.4 Å². The number of fused-ring (bicyclic) bond motifs is 1. The first kappa shape index (κ1) is 14.0. The minimum Gasteiger partial charge on any atom is -0.309 e. The zero-order chi connectivity index (χ0) is 14.0. The Morgan fingerprint density at radius 1 is 1.20 bits per heavy atom. The Hall–Kier alpha value is -0.910. The lowest BCUT2D eigenvalue weighted by atomic mass is 10.0. The molecule has 1 aromatic carbocycles. The average Bonchev–Trinajstić information content (AvgIpc) is 2.95. The van der Waals surface area contributed by atoms with Crippen LogP contribution in [0.15, 0.2) is 29.2 Å². The van der Waals surface area contributed by atoms with Gasteiger partial charge in [-0.3, -0.25) is 0 Å². The number of nitrogens with zero attached hydrogens (tertiary/aromatic N) is 1. The minimum absolute atomic E-state index is 0.178. The van der Waals surface area contributed by atoms with E-state index in [0.29, 0.717) is 11.3 Å². The van der Waals surface area contributed by atoms with Gasteiger partial charge in [0.05, 0.1) is 10.6 Å². The van der Waals surface area contributed by atoms with E-state index in [-0.39, 0.29) is 11.8 Å². The quantitative estimate of drug-likeness (QED) is 0.916. The Bertz CT molecular complexity index is 565. The Kier molecular flexibility index (Phi) is 4.10. The summed E-state index contributed by atoms with van der Waals surface area (Å²) in [6.45, 7) is 4.40. The fraction of sp³-hybridized carbons (Fsp3) is 0.600.